The molecule has 0 aromatic heterocycles. The Bertz CT molecular complexity index is 595. The summed E-state index contributed by atoms with van der Waals surface area (Å²) in [5.74, 6) is -0.972. The van der Waals surface area contributed by atoms with E-state index in [1.807, 2.05) is 0 Å². The Morgan fingerprint density at radius 1 is 1.25 bits per heavy atom. The maximum Gasteiger partial charge on any atom is 0.277 e. The number of hydrogen-bond donors (Lipinski definition) is 2. The highest BCUT2D eigenvalue weighted by molar-refractivity contribution is 6.67. The van der Waals surface area contributed by atoms with Crippen LogP contribution in [-0.2, 0) is 9.59 Å². The van der Waals surface area contributed by atoms with E-state index in [1.165, 1.54) is 18.2 Å². The number of nitrogens with one attached hydrogen (secondary N) is 1. The van der Waals surface area contributed by atoms with Crippen LogP contribution in [0.4, 0.5) is 5.69 Å². The van der Waals surface area contributed by atoms with E-state index < -0.39 is 17.1 Å². The van der Waals surface area contributed by atoms with Gasteiger partial charge >= 0.3 is 0 Å². The summed E-state index contributed by atoms with van der Waals surface area (Å²) in [6.45, 7) is -0.329. The minimum atomic E-state index is -0.572. The lowest BCUT2D eigenvalue weighted by molar-refractivity contribution is -0.137. The van der Waals surface area contributed by atoms with E-state index >= 15 is 0 Å². The molecule has 6 nitrogen and oxygen atoms in total. The van der Waals surface area contributed by atoms with Crippen molar-refractivity contribution in [3.05, 3.63) is 41.6 Å². The van der Waals surface area contributed by atoms with E-state index in [1.54, 1.807) is 12.1 Å². The van der Waals surface area contributed by atoms with Crippen molar-refractivity contribution in [1.82, 2.24) is 4.90 Å². The summed E-state index contributed by atoms with van der Waals surface area (Å²) in [6.07, 6.45) is 1.17. The third kappa shape index (κ3) is 2.87. The molecule has 0 radical (unpaired) electrons. The van der Waals surface area contributed by atoms with Gasteiger partial charge in [-0.2, -0.15) is 0 Å². The van der Waals surface area contributed by atoms with Crippen LogP contribution in [0, 0.1) is 0 Å². The van der Waals surface area contributed by atoms with E-state index in [-0.39, 0.29) is 18.8 Å². The Labute approximate surface area is 119 Å². The Hall–Kier alpha value is -2.18. The van der Waals surface area contributed by atoms with E-state index in [2.05, 4.69) is 5.32 Å². The summed E-state index contributed by atoms with van der Waals surface area (Å²) in [4.78, 5) is 35.3. The number of halogens is 1. The number of aliphatic hydroxyl groups is 1. The van der Waals surface area contributed by atoms with E-state index in [4.69, 9.17) is 16.7 Å². The van der Waals surface area contributed by atoms with Gasteiger partial charge in [0.1, 0.15) is 5.70 Å². The Kier molecular flexibility index (Phi) is 4.16. The van der Waals surface area contributed by atoms with Gasteiger partial charge in [0.05, 0.1) is 13.2 Å². The van der Waals surface area contributed by atoms with Gasteiger partial charge in [-0.15, -0.1) is 0 Å². The number of anilines is 1. The number of β-amino-alcohol motifs (C(OH)–C–C–N with tert-alkyl or cyclic N) is 1. The second-order valence-electron chi connectivity index (χ2n) is 4.05. The zero-order chi connectivity index (χ0) is 14.7. The maximum atomic E-state index is 11.9. The molecule has 0 saturated heterocycles. The molecule has 2 rings (SSSR count). The van der Waals surface area contributed by atoms with Crippen molar-refractivity contribution >= 4 is 34.3 Å². The fraction of sp³-hybridized carbons (Fsp3) is 0.154. The molecule has 7 heteroatoms. The topological polar surface area (TPSA) is 86.7 Å². The van der Waals surface area contributed by atoms with Gasteiger partial charge in [0.2, 0.25) is 0 Å². The molecule has 104 valence electrons. The number of hydrogen-bond acceptors (Lipinski definition) is 5. The molecule has 0 unspecified atom stereocenters. The van der Waals surface area contributed by atoms with Gasteiger partial charge in [0.15, 0.2) is 0 Å². The van der Waals surface area contributed by atoms with Gasteiger partial charge in [0.25, 0.3) is 17.1 Å². The van der Waals surface area contributed by atoms with Crippen LogP contribution in [0.1, 0.15) is 10.4 Å². The molecule has 0 bridgehead atoms. The number of nitrogens with zero attached hydrogens (tertiary/aromatic N) is 1. The molecule has 1 aromatic rings. The number of rotatable bonds is 5. The lowest BCUT2D eigenvalue weighted by Gasteiger charge is -2.13. The zero-order valence-corrected chi connectivity index (χ0v) is 11.1. The first-order chi connectivity index (χ1) is 9.52. The first kappa shape index (κ1) is 14.2. The maximum absolute atomic E-state index is 11.9. The average Bonchev–Trinajstić information content (AvgIpc) is 2.67. The molecule has 0 spiro atoms. The van der Waals surface area contributed by atoms with E-state index in [0.29, 0.717) is 11.3 Å². The molecule has 2 amide bonds. The SMILES string of the molecule is O=C(Cl)c1ccc(NC2=CC(=O)N(CCO)C2=O)cc1. The van der Waals surface area contributed by atoms with Gasteiger partial charge in [-0.3, -0.25) is 19.3 Å². The van der Waals surface area contributed by atoms with Crippen molar-refractivity contribution in [3.8, 4) is 0 Å². The molecular formula is C13H11ClN2O4. The monoisotopic (exact) mass is 294 g/mol. The van der Waals surface area contributed by atoms with Gasteiger partial charge in [-0.05, 0) is 35.9 Å². The lowest BCUT2D eigenvalue weighted by Crippen LogP contribution is -2.34. The first-order valence-electron chi connectivity index (χ1n) is 5.78. The second kappa shape index (κ2) is 5.85. The van der Waals surface area contributed by atoms with Crippen molar-refractivity contribution in [2.45, 2.75) is 0 Å². The third-order valence-corrected chi connectivity index (χ3v) is 2.94. The summed E-state index contributed by atoms with van der Waals surface area (Å²) >= 11 is 5.32. The predicted molar refractivity (Wildman–Crippen MR) is 72.1 cm³/mol. The summed E-state index contributed by atoms with van der Waals surface area (Å²) in [7, 11) is 0. The van der Waals surface area contributed by atoms with Gasteiger partial charge in [-0.1, -0.05) is 0 Å². The smallest absolute Gasteiger partial charge is 0.277 e. The molecule has 1 aliphatic heterocycles. The fourth-order valence-electron chi connectivity index (χ4n) is 1.75. The third-order valence-electron chi connectivity index (χ3n) is 2.72. The summed E-state index contributed by atoms with van der Waals surface area (Å²) in [5, 5.41) is 11.0. The molecule has 0 atom stereocenters. The van der Waals surface area contributed by atoms with Crippen molar-refractivity contribution in [1.29, 1.82) is 0 Å². The van der Waals surface area contributed by atoms with Crippen LogP contribution in [0.2, 0.25) is 0 Å². The van der Waals surface area contributed by atoms with Crippen LogP contribution >= 0.6 is 11.6 Å². The second-order valence-corrected chi connectivity index (χ2v) is 4.40. The number of aliphatic hydroxyl groups excluding tert-OH is 1. The van der Waals surface area contributed by atoms with Gasteiger partial charge < -0.3 is 10.4 Å². The molecule has 2 N–H and O–H groups in total. The minimum absolute atomic E-state index is 0.0426. The number of carbonyl (C=O) groups excluding carboxylic acids is 3. The van der Waals surface area contributed by atoms with Crippen molar-refractivity contribution < 1.29 is 19.5 Å². The Morgan fingerprint density at radius 3 is 2.45 bits per heavy atom. The molecule has 1 aromatic carbocycles. The lowest BCUT2D eigenvalue weighted by atomic mass is 10.2. The molecule has 0 saturated carbocycles. The highest BCUT2D eigenvalue weighted by Gasteiger charge is 2.30. The quantitative estimate of drug-likeness (QED) is 0.617. The highest BCUT2D eigenvalue weighted by atomic mass is 35.5. The molecule has 1 aliphatic rings. The van der Waals surface area contributed by atoms with Crippen LogP contribution in [0.5, 0.6) is 0 Å². The normalized spacial score (nSPS) is 14.5. The largest absolute Gasteiger partial charge is 0.395 e. The number of imide groups is 1. The Morgan fingerprint density at radius 2 is 1.90 bits per heavy atom. The van der Waals surface area contributed by atoms with Crippen molar-refractivity contribution in [3.63, 3.8) is 0 Å². The van der Waals surface area contributed by atoms with Gasteiger partial charge in [-0.25, -0.2) is 0 Å². The zero-order valence-electron chi connectivity index (χ0n) is 10.3. The molecule has 20 heavy (non-hydrogen) atoms. The number of amides is 2. The predicted octanol–water partition coefficient (Wildman–Crippen LogP) is 0.722. The van der Waals surface area contributed by atoms with Crippen molar-refractivity contribution in [2.75, 3.05) is 18.5 Å². The first-order valence-corrected chi connectivity index (χ1v) is 6.16. The number of carbonyl (C=O) groups is 3. The standard InChI is InChI=1S/C13H11ClN2O4/c14-12(19)8-1-3-9(4-2-8)15-10-7-11(18)16(5-6-17)13(10)20/h1-4,7,15,17H,5-6H2. The van der Waals surface area contributed by atoms with Crippen LogP contribution in [0.15, 0.2) is 36.0 Å². The van der Waals surface area contributed by atoms with E-state index in [9.17, 15) is 14.4 Å². The summed E-state index contributed by atoms with van der Waals surface area (Å²) < 4.78 is 0. The van der Waals surface area contributed by atoms with Gasteiger partial charge in [0, 0.05) is 17.3 Å². The fourth-order valence-corrected chi connectivity index (χ4v) is 1.88. The van der Waals surface area contributed by atoms with Crippen LogP contribution in [-0.4, -0.2) is 40.2 Å². The summed E-state index contributed by atoms with van der Waals surface area (Å²) in [6, 6.07) is 6.15. The Balaban J connectivity index is 2.11. The summed E-state index contributed by atoms with van der Waals surface area (Å²) in [5.41, 5.74) is 1.00. The van der Waals surface area contributed by atoms with Crippen molar-refractivity contribution in [2.24, 2.45) is 0 Å². The molecule has 1 heterocycles. The highest BCUT2D eigenvalue weighted by Crippen LogP contribution is 2.18. The minimum Gasteiger partial charge on any atom is -0.395 e. The van der Waals surface area contributed by atoms with E-state index in [0.717, 1.165) is 4.90 Å². The molecular weight excluding hydrogens is 284 g/mol. The van der Waals surface area contributed by atoms with Crippen LogP contribution in [0.3, 0.4) is 0 Å². The average molecular weight is 295 g/mol. The van der Waals surface area contributed by atoms with Crippen LogP contribution < -0.4 is 5.32 Å². The number of benzene rings is 1. The molecule has 0 fully saturated rings. The molecule has 0 aliphatic carbocycles. The van der Waals surface area contributed by atoms with Crippen LogP contribution in [0.25, 0.3) is 0 Å².